The van der Waals surface area contributed by atoms with Crippen LogP contribution in [-0.4, -0.2) is 26.6 Å². The van der Waals surface area contributed by atoms with Crippen molar-refractivity contribution in [2.24, 2.45) is 5.73 Å². The van der Waals surface area contributed by atoms with Crippen molar-refractivity contribution < 1.29 is 5.11 Å². The molecule has 0 spiro atoms. The molecule has 84 valence electrons. The number of aryl methyl sites for hydroxylation is 1. The van der Waals surface area contributed by atoms with E-state index in [0.717, 1.165) is 24.2 Å². The highest BCUT2D eigenvalue weighted by Gasteiger charge is 2.05. The summed E-state index contributed by atoms with van der Waals surface area (Å²) in [5.41, 5.74) is 7.38. The lowest BCUT2D eigenvalue weighted by Crippen LogP contribution is -2.08. The number of aromatic hydroxyl groups is 1. The Kier molecular flexibility index (Phi) is 3.16. The molecule has 0 aliphatic rings. The van der Waals surface area contributed by atoms with Crippen molar-refractivity contribution in [2.45, 2.75) is 13.0 Å². The first-order valence-electron chi connectivity index (χ1n) is 5.19. The second-order valence-corrected chi connectivity index (χ2v) is 3.53. The molecule has 0 radical (unpaired) electrons. The van der Waals surface area contributed by atoms with Gasteiger partial charge in [0.25, 0.3) is 0 Å². The van der Waals surface area contributed by atoms with Crippen LogP contribution in [0, 0.1) is 0 Å². The lowest BCUT2D eigenvalue weighted by atomic mass is 10.1. The average molecular weight is 218 g/mol. The third-order valence-electron chi connectivity index (χ3n) is 2.35. The molecule has 1 aromatic carbocycles. The lowest BCUT2D eigenvalue weighted by molar-refractivity contribution is 0.475. The third-order valence-corrected chi connectivity index (χ3v) is 2.35. The Morgan fingerprint density at radius 1 is 1.25 bits per heavy atom. The van der Waals surface area contributed by atoms with Crippen LogP contribution in [0.25, 0.3) is 11.3 Å². The molecular weight excluding hydrogens is 204 g/mol. The fourth-order valence-corrected chi connectivity index (χ4v) is 1.52. The molecule has 0 fully saturated rings. The van der Waals surface area contributed by atoms with Crippen molar-refractivity contribution in [2.75, 3.05) is 6.54 Å². The summed E-state index contributed by atoms with van der Waals surface area (Å²) in [6.45, 7) is 1.39. The molecule has 1 aromatic heterocycles. The predicted molar refractivity (Wildman–Crippen MR) is 60.8 cm³/mol. The van der Waals surface area contributed by atoms with Gasteiger partial charge in [0, 0.05) is 12.1 Å². The molecule has 0 atom stereocenters. The van der Waals surface area contributed by atoms with Crippen molar-refractivity contribution in [3.05, 3.63) is 30.5 Å². The van der Waals surface area contributed by atoms with Crippen LogP contribution in [0.1, 0.15) is 6.42 Å². The van der Waals surface area contributed by atoms with E-state index in [1.54, 1.807) is 18.3 Å². The van der Waals surface area contributed by atoms with Crippen molar-refractivity contribution in [3.63, 3.8) is 0 Å². The zero-order valence-electron chi connectivity index (χ0n) is 8.87. The van der Waals surface area contributed by atoms with E-state index < -0.39 is 0 Å². The zero-order valence-corrected chi connectivity index (χ0v) is 8.87. The van der Waals surface area contributed by atoms with Gasteiger partial charge in [0.1, 0.15) is 5.75 Å². The van der Waals surface area contributed by atoms with Crippen molar-refractivity contribution in [1.82, 2.24) is 15.0 Å². The van der Waals surface area contributed by atoms with Gasteiger partial charge < -0.3 is 10.8 Å². The number of phenolic OH excluding ortho intramolecular Hbond substituents is 1. The highest BCUT2D eigenvalue weighted by atomic mass is 16.3. The quantitative estimate of drug-likeness (QED) is 0.802. The second-order valence-electron chi connectivity index (χ2n) is 3.53. The standard InChI is InChI=1S/C11H14N4O/c12-6-1-7-15-11(8-13-14-15)9-2-4-10(16)5-3-9/h2-5,8,16H,1,6-7,12H2. The molecule has 5 nitrogen and oxygen atoms in total. The van der Waals surface area contributed by atoms with Crippen LogP contribution in [0.2, 0.25) is 0 Å². The van der Waals surface area contributed by atoms with E-state index >= 15 is 0 Å². The molecule has 1 heterocycles. The van der Waals surface area contributed by atoms with Crippen molar-refractivity contribution >= 4 is 0 Å². The Bertz CT molecular complexity index is 449. The van der Waals surface area contributed by atoms with Crippen LogP contribution in [0.15, 0.2) is 30.5 Å². The number of hydrogen-bond donors (Lipinski definition) is 2. The van der Waals surface area contributed by atoms with E-state index in [0.29, 0.717) is 6.54 Å². The van der Waals surface area contributed by atoms with Crippen LogP contribution in [0.5, 0.6) is 5.75 Å². The molecule has 16 heavy (non-hydrogen) atoms. The van der Waals surface area contributed by atoms with Crippen LogP contribution in [-0.2, 0) is 6.54 Å². The summed E-state index contributed by atoms with van der Waals surface area (Å²) in [5, 5.41) is 17.1. The molecular formula is C11H14N4O. The maximum Gasteiger partial charge on any atom is 0.115 e. The van der Waals surface area contributed by atoms with E-state index in [9.17, 15) is 5.11 Å². The summed E-state index contributed by atoms with van der Waals surface area (Å²) in [6, 6.07) is 6.98. The largest absolute Gasteiger partial charge is 0.508 e. The average Bonchev–Trinajstić information content (AvgIpc) is 2.75. The molecule has 3 N–H and O–H groups in total. The molecule has 0 saturated heterocycles. The molecule has 0 amide bonds. The number of hydrogen-bond acceptors (Lipinski definition) is 4. The molecule has 5 heteroatoms. The predicted octanol–water partition coefficient (Wildman–Crippen LogP) is 0.999. The first-order valence-corrected chi connectivity index (χ1v) is 5.19. The molecule has 0 saturated carbocycles. The smallest absolute Gasteiger partial charge is 0.115 e. The summed E-state index contributed by atoms with van der Waals surface area (Å²) in [5.74, 6) is 0.254. The van der Waals surface area contributed by atoms with Crippen molar-refractivity contribution in [1.29, 1.82) is 0 Å². The van der Waals surface area contributed by atoms with E-state index in [2.05, 4.69) is 10.3 Å². The van der Waals surface area contributed by atoms with Gasteiger partial charge in [-0.2, -0.15) is 0 Å². The normalized spacial score (nSPS) is 10.6. The fraction of sp³-hybridized carbons (Fsp3) is 0.273. The summed E-state index contributed by atoms with van der Waals surface area (Å²) in [7, 11) is 0. The number of phenols is 1. The maximum atomic E-state index is 9.21. The van der Waals surface area contributed by atoms with Gasteiger partial charge in [-0.15, -0.1) is 5.10 Å². The van der Waals surface area contributed by atoms with Gasteiger partial charge in [-0.05, 0) is 37.2 Å². The lowest BCUT2D eigenvalue weighted by Gasteiger charge is -2.05. The minimum atomic E-state index is 0.254. The Morgan fingerprint density at radius 2 is 2.00 bits per heavy atom. The maximum absolute atomic E-state index is 9.21. The molecule has 0 bridgehead atoms. The van der Waals surface area contributed by atoms with E-state index in [1.807, 2.05) is 16.8 Å². The second kappa shape index (κ2) is 4.76. The van der Waals surface area contributed by atoms with Gasteiger partial charge in [0.15, 0.2) is 0 Å². The van der Waals surface area contributed by atoms with Gasteiger partial charge in [0.05, 0.1) is 11.9 Å². The monoisotopic (exact) mass is 218 g/mol. The number of nitrogens with two attached hydrogens (primary N) is 1. The highest BCUT2D eigenvalue weighted by Crippen LogP contribution is 2.20. The van der Waals surface area contributed by atoms with E-state index in [1.165, 1.54) is 0 Å². The Balaban J connectivity index is 2.26. The Hall–Kier alpha value is -1.88. The van der Waals surface area contributed by atoms with Crippen LogP contribution < -0.4 is 5.73 Å². The topological polar surface area (TPSA) is 77.0 Å². The molecule has 2 rings (SSSR count). The van der Waals surface area contributed by atoms with E-state index in [-0.39, 0.29) is 5.75 Å². The SMILES string of the molecule is NCCCn1nncc1-c1ccc(O)cc1. The summed E-state index contributed by atoms with van der Waals surface area (Å²) < 4.78 is 1.82. The summed E-state index contributed by atoms with van der Waals surface area (Å²) >= 11 is 0. The summed E-state index contributed by atoms with van der Waals surface area (Å²) in [4.78, 5) is 0. The number of benzene rings is 1. The molecule has 0 unspecified atom stereocenters. The number of aromatic nitrogens is 3. The molecule has 0 aliphatic heterocycles. The Labute approximate surface area is 93.5 Å². The number of rotatable bonds is 4. The van der Waals surface area contributed by atoms with Crippen LogP contribution >= 0.6 is 0 Å². The number of nitrogens with zero attached hydrogens (tertiary/aromatic N) is 3. The van der Waals surface area contributed by atoms with Gasteiger partial charge in [0.2, 0.25) is 0 Å². The highest BCUT2D eigenvalue weighted by molar-refractivity contribution is 5.59. The van der Waals surface area contributed by atoms with Gasteiger partial charge in [-0.25, -0.2) is 4.68 Å². The first kappa shape index (κ1) is 10.6. The van der Waals surface area contributed by atoms with Gasteiger partial charge in [-0.3, -0.25) is 0 Å². The van der Waals surface area contributed by atoms with Gasteiger partial charge >= 0.3 is 0 Å². The minimum Gasteiger partial charge on any atom is -0.508 e. The molecule has 2 aromatic rings. The zero-order chi connectivity index (χ0) is 11.4. The van der Waals surface area contributed by atoms with Crippen molar-refractivity contribution in [3.8, 4) is 17.0 Å². The van der Waals surface area contributed by atoms with E-state index in [4.69, 9.17) is 5.73 Å². The third kappa shape index (κ3) is 2.20. The fourth-order valence-electron chi connectivity index (χ4n) is 1.52. The summed E-state index contributed by atoms with van der Waals surface area (Å²) in [6.07, 6.45) is 2.58. The minimum absolute atomic E-state index is 0.254. The van der Waals surface area contributed by atoms with Gasteiger partial charge in [-0.1, -0.05) is 5.21 Å². The first-order chi connectivity index (χ1) is 7.81. The Morgan fingerprint density at radius 3 is 2.69 bits per heavy atom. The van der Waals surface area contributed by atoms with Crippen LogP contribution in [0.4, 0.5) is 0 Å². The molecule has 0 aliphatic carbocycles. The van der Waals surface area contributed by atoms with Crippen LogP contribution in [0.3, 0.4) is 0 Å².